The van der Waals surface area contributed by atoms with E-state index in [0.717, 1.165) is 6.61 Å². The lowest BCUT2D eigenvalue weighted by Gasteiger charge is -2.13. The molecule has 0 fully saturated rings. The molecular weight excluding hydrogens is 247 g/mol. The van der Waals surface area contributed by atoms with E-state index in [1.165, 1.54) is 6.07 Å². The maximum Gasteiger partial charge on any atom is 0.167 e. The minimum atomic E-state index is -0.444. The minimum absolute atomic E-state index is 0.210. The second-order valence-corrected chi connectivity index (χ2v) is 4.70. The molecule has 0 bridgehead atoms. The molecule has 1 aromatic rings. The van der Waals surface area contributed by atoms with E-state index in [0.29, 0.717) is 37.1 Å². The van der Waals surface area contributed by atoms with Crippen LogP contribution in [-0.2, 0) is 4.74 Å². The van der Waals surface area contributed by atoms with Crippen molar-refractivity contribution < 1.29 is 13.9 Å². The molecule has 0 saturated carbocycles. The largest absolute Gasteiger partial charge is 0.491 e. The third kappa shape index (κ3) is 5.34. The molecule has 0 aromatic heterocycles. The van der Waals surface area contributed by atoms with E-state index in [4.69, 9.17) is 15.2 Å². The molecule has 0 radical (unpaired) electrons. The Labute approximate surface area is 114 Å². The lowest BCUT2D eigenvalue weighted by Crippen LogP contribution is -2.13. The smallest absolute Gasteiger partial charge is 0.167 e. The van der Waals surface area contributed by atoms with Crippen molar-refractivity contribution in [1.82, 2.24) is 0 Å². The summed E-state index contributed by atoms with van der Waals surface area (Å²) < 4.78 is 24.1. The zero-order valence-electron chi connectivity index (χ0n) is 11.8. The fraction of sp³-hybridized carbons (Fsp3) is 0.571. The zero-order valence-corrected chi connectivity index (χ0v) is 11.8. The fourth-order valence-electron chi connectivity index (χ4n) is 1.56. The van der Waals surface area contributed by atoms with Crippen LogP contribution >= 0.6 is 0 Å². The summed E-state index contributed by atoms with van der Waals surface area (Å²) in [7, 11) is 0. The Morgan fingerprint density at radius 1 is 1.37 bits per heavy atom. The molecule has 0 spiro atoms. The van der Waals surface area contributed by atoms with Gasteiger partial charge < -0.3 is 20.5 Å². The number of halogens is 1. The van der Waals surface area contributed by atoms with Crippen LogP contribution in [-0.4, -0.2) is 26.4 Å². The third-order valence-corrected chi connectivity index (χ3v) is 2.42. The number of hydrogen-bond acceptors (Lipinski definition) is 4. The fourth-order valence-corrected chi connectivity index (χ4v) is 1.56. The average Bonchev–Trinajstić information content (AvgIpc) is 2.33. The number of rotatable bonds is 8. The molecule has 4 nitrogen and oxygen atoms in total. The monoisotopic (exact) mass is 270 g/mol. The molecule has 1 aromatic carbocycles. The Hall–Kier alpha value is -1.49. The molecule has 0 heterocycles. The highest BCUT2D eigenvalue weighted by Gasteiger charge is 2.08. The van der Waals surface area contributed by atoms with E-state index >= 15 is 0 Å². The van der Waals surface area contributed by atoms with Crippen molar-refractivity contribution in [2.75, 3.05) is 37.4 Å². The summed E-state index contributed by atoms with van der Waals surface area (Å²) >= 11 is 0. The predicted molar refractivity (Wildman–Crippen MR) is 76.1 cm³/mol. The van der Waals surface area contributed by atoms with Gasteiger partial charge in [-0.15, -0.1) is 0 Å². The van der Waals surface area contributed by atoms with Crippen molar-refractivity contribution in [1.29, 1.82) is 0 Å². The van der Waals surface area contributed by atoms with Crippen LogP contribution < -0.4 is 15.8 Å². The summed E-state index contributed by atoms with van der Waals surface area (Å²) in [4.78, 5) is 0. The van der Waals surface area contributed by atoms with Gasteiger partial charge in [0.15, 0.2) is 11.6 Å². The minimum Gasteiger partial charge on any atom is -0.491 e. The van der Waals surface area contributed by atoms with Crippen LogP contribution in [0.1, 0.15) is 20.8 Å². The lowest BCUT2D eigenvalue weighted by molar-refractivity contribution is 0.118. The van der Waals surface area contributed by atoms with Gasteiger partial charge >= 0.3 is 0 Å². The van der Waals surface area contributed by atoms with E-state index in [2.05, 4.69) is 19.2 Å². The Bertz CT molecular complexity index is 397. The number of nitrogen functional groups attached to an aromatic ring is 1. The third-order valence-electron chi connectivity index (χ3n) is 2.42. The molecule has 0 aliphatic carbocycles. The topological polar surface area (TPSA) is 56.5 Å². The van der Waals surface area contributed by atoms with Crippen LogP contribution in [0, 0.1) is 11.7 Å². The first kappa shape index (κ1) is 15.6. The van der Waals surface area contributed by atoms with Gasteiger partial charge in [0.1, 0.15) is 0 Å². The van der Waals surface area contributed by atoms with Gasteiger partial charge in [0.05, 0.1) is 24.6 Å². The highest BCUT2D eigenvalue weighted by molar-refractivity contribution is 5.68. The Balaban J connectivity index is 2.50. The van der Waals surface area contributed by atoms with E-state index in [1.54, 1.807) is 6.07 Å². The summed E-state index contributed by atoms with van der Waals surface area (Å²) in [6.45, 7) is 8.35. The molecular formula is C14H23FN2O2. The molecule has 0 aliphatic rings. The van der Waals surface area contributed by atoms with Gasteiger partial charge in [-0.3, -0.25) is 0 Å². The van der Waals surface area contributed by atoms with Gasteiger partial charge in [0, 0.05) is 25.3 Å². The van der Waals surface area contributed by atoms with Crippen molar-refractivity contribution in [3.8, 4) is 5.75 Å². The van der Waals surface area contributed by atoms with Gasteiger partial charge in [0.25, 0.3) is 0 Å². The number of anilines is 2. The molecule has 3 N–H and O–H groups in total. The van der Waals surface area contributed by atoms with Crippen LogP contribution in [0.4, 0.5) is 15.8 Å². The predicted octanol–water partition coefficient (Wildman–Crippen LogP) is 2.89. The lowest BCUT2D eigenvalue weighted by atomic mass is 10.2. The van der Waals surface area contributed by atoms with Gasteiger partial charge in [-0.25, -0.2) is 4.39 Å². The number of benzene rings is 1. The number of nitrogens with one attached hydrogen (secondary N) is 1. The van der Waals surface area contributed by atoms with E-state index in [-0.39, 0.29) is 5.75 Å². The molecule has 0 atom stereocenters. The highest BCUT2D eigenvalue weighted by Crippen LogP contribution is 2.28. The van der Waals surface area contributed by atoms with Gasteiger partial charge in [0.2, 0.25) is 0 Å². The quantitative estimate of drug-likeness (QED) is 0.563. The van der Waals surface area contributed by atoms with Crippen LogP contribution in [0.2, 0.25) is 0 Å². The molecule has 108 valence electrons. The second kappa shape index (κ2) is 7.84. The van der Waals surface area contributed by atoms with Crippen LogP contribution in [0.25, 0.3) is 0 Å². The summed E-state index contributed by atoms with van der Waals surface area (Å²) in [5, 5.41) is 3.12. The first-order valence-electron chi connectivity index (χ1n) is 6.58. The molecule has 0 saturated heterocycles. The zero-order chi connectivity index (χ0) is 14.3. The molecule has 5 heteroatoms. The standard InChI is InChI=1S/C14H23FN2O2/c1-4-19-14-8-13(12(16)7-11(14)15)17-5-6-18-9-10(2)3/h7-8,10,17H,4-6,9,16H2,1-3H3. The Morgan fingerprint density at radius 2 is 2.11 bits per heavy atom. The summed E-state index contributed by atoms with van der Waals surface area (Å²) in [6, 6.07) is 2.85. The molecule has 0 unspecified atom stereocenters. The van der Waals surface area contributed by atoms with Crippen LogP contribution in [0.3, 0.4) is 0 Å². The molecule has 0 aliphatic heterocycles. The normalized spacial score (nSPS) is 10.8. The number of ether oxygens (including phenoxy) is 2. The van der Waals surface area contributed by atoms with E-state index < -0.39 is 5.82 Å². The summed E-state index contributed by atoms with van der Waals surface area (Å²) in [6.07, 6.45) is 0. The number of nitrogens with two attached hydrogens (primary N) is 1. The van der Waals surface area contributed by atoms with Gasteiger partial charge in [-0.1, -0.05) is 13.8 Å². The van der Waals surface area contributed by atoms with Crippen molar-refractivity contribution in [2.45, 2.75) is 20.8 Å². The SMILES string of the molecule is CCOc1cc(NCCOCC(C)C)c(N)cc1F. The van der Waals surface area contributed by atoms with Gasteiger partial charge in [-0.2, -0.15) is 0 Å². The Morgan fingerprint density at radius 3 is 2.74 bits per heavy atom. The molecule has 19 heavy (non-hydrogen) atoms. The second-order valence-electron chi connectivity index (χ2n) is 4.70. The molecule has 1 rings (SSSR count). The van der Waals surface area contributed by atoms with E-state index in [9.17, 15) is 4.39 Å². The van der Waals surface area contributed by atoms with Gasteiger partial charge in [-0.05, 0) is 12.8 Å². The maximum absolute atomic E-state index is 13.5. The molecule has 0 amide bonds. The van der Waals surface area contributed by atoms with Crippen molar-refractivity contribution in [3.63, 3.8) is 0 Å². The van der Waals surface area contributed by atoms with Crippen molar-refractivity contribution >= 4 is 11.4 Å². The Kier molecular flexibility index (Phi) is 6.42. The summed E-state index contributed by atoms with van der Waals surface area (Å²) in [5.41, 5.74) is 6.78. The van der Waals surface area contributed by atoms with Crippen molar-refractivity contribution in [2.24, 2.45) is 5.92 Å². The highest BCUT2D eigenvalue weighted by atomic mass is 19.1. The first-order chi connectivity index (χ1) is 9.04. The first-order valence-corrected chi connectivity index (χ1v) is 6.58. The number of hydrogen-bond donors (Lipinski definition) is 2. The van der Waals surface area contributed by atoms with E-state index in [1.807, 2.05) is 6.92 Å². The van der Waals surface area contributed by atoms with Crippen LogP contribution in [0.5, 0.6) is 5.75 Å². The van der Waals surface area contributed by atoms with Crippen LogP contribution in [0.15, 0.2) is 12.1 Å². The van der Waals surface area contributed by atoms with Crippen molar-refractivity contribution in [3.05, 3.63) is 17.9 Å². The average molecular weight is 270 g/mol. The maximum atomic E-state index is 13.5. The summed E-state index contributed by atoms with van der Waals surface area (Å²) in [5.74, 6) is 0.281.